The van der Waals surface area contributed by atoms with Crippen LogP contribution in [0.3, 0.4) is 0 Å². The molecular weight excluding hydrogens is 1170 g/mol. The van der Waals surface area contributed by atoms with Gasteiger partial charge in [0, 0.05) is 30.8 Å². The number of benzene rings is 4. The van der Waals surface area contributed by atoms with Crippen molar-refractivity contribution >= 4 is 37.3 Å². The molecule has 91 heavy (non-hydrogen) atoms. The summed E-state index contributed by atoms with van der Waals surface area (Å²) in [6.45, 7) is 20.8. The first-order valence-corrected chi connectivity index (χ1v) is 31.1. The molecule has 496 valence electrons. The average Bonchev–Trinajstić information content (AvgIpc) is 1.74. The number of likely N-dealkylation sites (N-methyl/N-ethyl adjacent to an activating group) is 1. The Morgan fingerprint density at radius 3 is 1.90 bits per heavy atom. The summed E-state index contributed by atoms with van der Waals surface area (Å²) in [5, 5.41) is 11.4. The van der Waals surface area contributed by atoms with Crippen molar-refractivity contribution in [1.29, 1.82) is 0 Å². The number of aromatic nitrogens is 4. The van der Waals surface area contributed by atoms with Gasteiger partial charge in [-0.1, -0.05) is 129 Å². The average molecular weight is 1260 g/mol. The molecular formula is C68H95N9O14. The van der Waals surface area contributed by atoms with Gasteiger partial charge in [0.2, 0.25) is 13.6 Å². The number of methoxy groups -OCH3 is 2. The first-order chi connectivity index (χ1) is 44.1. The van der Waals surface area contributed by atoms with E-state index in [9.17, 15) is 24.0 Å². The van der Waals surface area contributed by atoms with Crippen molar-refractivity contribution < 1.29 is 67.0 Å². The molecule has 2 aromatic heterocycles. The van der Waals surface area contributed by atoms with Crippen LogP contribution < -0.4 is 29.6 Å². The number of hydrogen-bond acceptors (Lipinski definition) is 17. The van der Waals surface area contributed by atoms with Crippen LogP contribution in [0.1, 0.15) is 128 Å². The molecule has 0 aliphatic carbocycles. The predicted octanol–water partition coefficient (Wildman–Crippen LogP) is 12.0. The molecule has 2 fully saturated rings. The van der Waals surface area contributed by atoms with Gasteiger partial charge in [-0.3, -0.25) is 14.6 Å². The van der Waals surface area contributed by atoms with Crippen LogP contribution in [-0.2, 0) is 54.5 Å². The fraction of sp³-hybridized carbons (Fsp3) is 0.471. The van der Waals surface area contributed by atoms with Crippen LogP contribution in [0.4, 0.5) is 14.4 Å². The van der Waals surface area contributed by atoms with E-state index < -0.39 is 18.2 Å². The van der Waals surface area contributed by atoms with Crippen molar-refractivity contribution in [2.45, 2.75) is 138 Å². The SMILES string of the molecule is CC.CCC.CCCCc1ccc2c(c1CC)OCO2.CN1CCC(OC(=O)N2Cc3ccc4c(c3C2)OCO4)C1.CN1CCCC1c1ncc(-c2ccc(-c3ccc(-c4cnc[nH]4)cc3)cc2)[nH]1.COC(=O)NC(C=O)C(C)C.COC(=O)NCC=O.O=CO. The second kappa shape index (κ2) is 40.6. The quantitative estimate of drug-likeness (QED) is 0.0500. The fourth-order valence-electron chi connectivity index (χ4n) is 10.00. The van der Waals surface area contributed by atoms with Crippen molar-refractivity contribution in [3.05, 3.63) is 120 Å². The summed E-state index contributed by atoms with van der Waals surface area (Å²) in [5.41, 5.74) is 11.7. The maximum Gasteiger partial charge on any atom is 0.410 e. The molecule has 0 bridgehead atoms. The van der Waals surface area contributed by atoms with Crippen LogP contribution in [0.5, 0.6) is 23.0 Å². The molecule has 7 heterocycles. The number of fused-ring (bicyclic) bond motifs is 4. The molecule has 6 aromatic rings. The van der Waals surface area contributed by atoms with Gasteiger partial charge < -0.3 is 73.4 Å². The van der Waals surface area contributed by atoms with Gasteiger partial charge in [0.15, 0.2) is 23.0 Å². The molecule has 3 atom stereocenters. The lowest BCUT2D eigenvalue weighted by Gasteiger charge is -2.19. The third-order valence-electron chi connectivity index (χ3n) is 14.7. The van der Waals surface area contributed by atoms with Crippen molar-refractivity contribution in [2.24, 2.45) is 5.92 Å². The van der Waals surface area contributed by atoms with Crippen molar-refractivity contribution in [3.63, 3.8) is 0 Å². The third-order valence-corrected chi connectivity index (χ3v) is 14.7. The number of aromatic amines is 2. The number of carbonyl (C=O) groups is 6. The van der Waals surface area contributed by atoms with Gasteiger partial charge in [-0.25, -0.2) is 24.4 Å². The molecule has 3 amide bonds. The summed E-state index contributed by atoms with van der Waals surface area (Å²) in [6.07, 6.45) is 14.6. The van der Waals surface area contributed by atoms with Gasteiger partial charge in [0.05, 0.1) is 69.5 Å². The van der Waals surface area contributed by atoms with Crippen molar-refractivity contribution in [3.8, 4) is 56.6 Å². The number of nitrogens with zero attached hydrogens (tertiary/aromatic N) is 5. The number of aldehydes is 2. The maximum absolute atomic E-state index is 12.3. The van der Waals surface area contributed by atoms with E-state index in [2.05, 4.69) is 139 Å². The number of rotatable bonds is 14. The van der Waals surface area contributed by atoms with E-state index in [1.165, 1.54) is 68.6 Å². The van der Waals surface area contributed by atoms with Crippen LogP contribution in [0.15, 0.2) is 91.5 Å². The summed E-state index contributed by atoms with van der Waals surface area (Å²) >= 11 is 0. The van der Waals surface area contributed by atoms with Crippen LogP contribution in [-0.4, -0.2) is 157 Å². The summed E-state index contributed by atoms with van der Waals surface area (Å²) in [7, 11) is 6.71. The minimum atomic E-state index is -0.586. The molecule has 23 heteroatoms. The second-order valence-electron chi connectivity index (χ2n) is 21.6. The van der Waals surface area contributed by atoms with Crippen LogP contribution in [0.25, 0.3) is 33.6 Å². The normalized spacial score (nSPS) is 15.5. The molecule has 11 rings (SSSR count). The van der Waals surface area contributed by atoms with Crippen molar-refractivity contribution in [2.75, 3.05) is 68.1 Å². The molecule has 3 unspecified atom stereocenters. The Hall–Kier alpha value is -8.96. The molecule has 23 nitrogen and oxygen atoms in total. The van der Waals surface area contributed by atoms with Crippen LogP contribution >= 0.6 is 0 Å². The summed E-state index contributed by atoms with van der Waals surface area (Å²) in [4.78, 5) is 82.9. The van der Waals surface area contributed by atoms with E-state index in [-0.39, 0.29) is 37.9 Å². The van der Waals surface area contributed by atoms with Crippen LogP contribution in [0, 0.1) is 5.92 Å². The summed E-state index contributed by atoms with van der Waals surface area (Å²) in [6, 6.07) is 25.3. The van der Waals surface area contributed by atoms with Gasteiger partial charge in [-0.15, -0.1) is 0 Å². The lowest BCUT2D eigenvalue weighted by atomic mass is 9.99. The Kier molecular flexibility index (Phi) is 33.3. The highest BCUT2D eigenvalue weighted by Gasteiger charge is 2.33. The minimum Gasteiger partial charge on any atom is -0.483 e. The number of aryl methyl sites for hydroxylation is 1. The molecule has 5 N–H and O–H groups in total. The van der Waals surface area contributed by atoms with Gasteiger partial charge in [0.1, 0.15) is 24.5 Å². The highest BCUT2D eigenvalue weighted by atomic mass is 16.7. The van der Waals surface area contributed by atoms with E-state index in [1.54, 1.807) is 11.2 Å². The van der Waals surface area contributed by atoms with Gasteiger partial charge >= 0.3 is 18.3 Å². The largest absolute Gasteiger partial charge is 0.483 e. The number of H-pyrrole nitrogens is 2. The number of amides is 3. The Balaban J connectivity index is 0.000000250. The number of nitrogens with one attached hydrogen (secondary N) is 4. The zero-order valence-corrected chi connectivity index (χ0v) is 55.0. The van der Waals surface area contributed by atoms with E-state index in [0.29, 0.717) is 38.5 Å². The Labute approximate surface area is 535 Å². The molecule has 5 aliphatic rings. The zero-order chi connectivity index (χ0) is 66.7. The number of hydrogen-bond donors (Lipinski definition) is 5. The number of likely N-dealkylation sites (tertiary alicyclic amines) is 2. The number of alkyl carbamates (subject to hydrolysis) is 2. The number of imidazole rings is 2. The molecule has 0 radical (unpaired) electrons. The smallest absolute Gasteiger partial charge is 0.410 e. The molecule has 0 saturated carbocycles. The number of ether oxygens (including phenoxy) is 7. The maximum atomic E-state index is 12.3. The van der Waals surface area contributed by atoms with Crippen LogP contribution in [0.2, 0.25) is 0 Å². The highest BCUT2D eigenvalue weighted by molar-refractivity contribution is 5.74. The topological polar surface area (TPSA) is 278 Å². The first-order valence-electron chi connectivity index (χ1n) is 31.1. The number of carbonyl (C=O) groups excluding carboxylic acids is 5. The van der Waals surface area contributed by atoms with Gasteiger partial charge in [0.25, 0.3) is 6.47 Å². The Morgan fingerprint density at radius 1 is 0.769 bits per heavy atom. The first kappa shape index (κ1) is 74.5. The van der Waals surface area contributed by atoms with E-state index in [1.807, 2.05) is 65.3 Å². The van der Waals surface area contributed by atoms with E-state index in [0.717, 1.165) is 101 Å². The Bertz CT molecular complexity index is 3120. The standard InChI is InChI=1S/C23H23N5.C15H18N2O4.C13H18O2.C7H13NO3.C4H7NO3.C3H8.C2H6.CH2O2/c1-28-12-2-3-22(28)23-25-14-21(27-23)19-10-6-17(7-11-19)16-4-8-18(9-5-16)20-13-24-15-26-20;1-16-5-4-11(7-16)21-15(18)17-6-10-2-3-13-14(12(10)8-17)20-9-19-13;1-3-5-6-10-7-8-12-13(11(10)4-2)15-9-14-12;1-5(2)6(4-9)8-7(10)11-3;1-8-4(7)5-2-3-6;1-3-2;1-2;2-1-3/h4-11,13-15,22H,2-3,12H2,1H3,(H,24,26)(H,25,27);2-3,11H,4-9H2,1H3;7-8H,3-6,9H2,1-2H3;4-6H,1-3H3,(H,8,10);3H,2H2,1H3,(H,5,7);3H2,1-2H3;1-2H3;1H,(H,2,3). The highest BCUT2D eigenvalue weighted by Crippen LogP contribution is 2.42. The van der Waals surface area contributed by atoms with E-state index >= 15 is 0 Å². The molecule has 0 spiro atoms. The fourth-order valence-corrected chi connectivity index (χ4v) is 10.00. The molecule has 4 aromatic carbocycles. The lowest BCUT2D eigenvalue weighted by molar-refractivity contribution is -0.123. The minimum absolute atomic E-state index is 0.00662. The van der Waals surface area contributed by atoms with Gasteiger partial charge in [-0.2, -0.15) is 0 Å². The van der Waals surface area contributed by atoms with Gasteiger partial charge in [-0.05, 0) is 111 Å². The molecule has 2 saturated heterocycles. The Morgan fingerprint density at radius 2 is 1.37 bits per heavy atom. The third kappa shape index (κ3) is 23.1. The predicted molar refractivity (Wildman–Crippen MR) is 349 cm³/mol. The number of carboxylic acid groups (broad SMARTS) is 1. The second-order valence-corrected chi connectivity index (χ2v) is 21.6. The van der Waals surface area contributed by atoms with Crippen molar-refractivity contribution in [1.82, 2.24) is 45.3 Å². The van der Waals surface area contributed by atoms with E-state index in [4.69, 9.17) is 33.6 Å². The summed E-state index contributed by atoms with van der Waals surface area (Å²) < 4.78 is 35.8. The summed E-state index contributed by atoms with van der Waals surface area (Å²) in [5.74, 6) is 4.60. The number of unbranched alkanes of at least 4 members (excludes halogenated alkanes) is 1. The zero-order valence-electron chi connectivity index (χ0n) is 55.0. The monoisotopic (exact) mass is 1260 g/mol. The molecule has 5 aliphatic heterocycles. The lowest BCUT2D eigenvalue weighted by Crippen LogP contribution is -2.39.